The van der Waals surface area contributed by atoms with E-state index in [1.165, 1.54) is 0 Å². The molecule has 114 valence electrons. The molecule has 1 aromatic rings. The summed E-state index contributed by atoms with van der Waals surface area (Å²) in [7, 11) is 1.67. The van der Waals surface area contributed by atoms with Crippen LogP contribution in [0.4, 0.5) is 0 Å². The van der Waals surface area contributed by atoms with Gasteiger partial charge >= 0.3 is 0 Å². The monoisotopic (exact) mass is 281 g/mol. The summed E-state index contributed by atoms with van der Waals surface area (Å²) in [4.78, 5) is 0. The van der Waals surface area contributed by atoms with Crippen molar-refractivity contribution in [3.63, 3.8) is 0 Å². The smallest absolute Gasteiger partial charge is 0.119 e. The summed E-state index contributed by atoms with van der Waals surface area (Å²) in [5, 5.41) is 13.2. The van der Waals surface area contributed by atoms with Gasteiger partial charge in [0.1, 0.15) is 18.5 Å². The number of benzene rings is 1. The second-order valence-electron chi connectivity index (χ2n) is 5.99. The standard InChI is InChI=1S/C16H27NO3/c1-12-6-13(2)8-15(7-12)20-10-14(18)9-17-16(3,4)11-19-5/h6-8,14,17-18H,9-11H2,1-5H3. The van der Waals surface area contributed by atoms with Gasteiger partial charge in [0.05, 0.1) is 6.61 Å². The molecule has 0 amide bonds. The molecule has 1 aromatic carbocycles. The van der Waals surface area contributed by atoms with Crippen LogP contribution < -0.4 is 10.1 Å². The van der Waals surface area contributed by atoms with Crippen LogP contribution in [0.5, 0.6) is 5.75 Å². The summed E-state index contributed by atoms with van der Waals surface area (Å²) in [5.41, 5.74) is 2.16. The van der Waals surface area contributed by atoms with Crippen molar-refractivity contribution in [2.24, 2.45) is 0 Å². The van der Waals surface area contributed by atoms with Crippen molar-refractivity contribution in [2.45, 2.75) is 39.3 Å². The van der Waals surface area contributed by atoms with E-state index in [4.69, 9.17) is 9.47 Å². The van der Waals surface area contributed by atoms with E-state index in [1.54, 1.807) is 7.11 Å². The Labute approximate surface area is 122 Å². The molecule has 4 heteroatoms. The van der Waals surface area contributed by atoms with Crippen molar-refractivity contribution in [3.05, 3.63) is 29.3 Å². The van der Waals surface area contributed by atoms with Gasteiger partial charge in [-0.1, -0.05) is 6.07 Å². The van der Waals surface area contributed by atoms with Crippen LogP contribution in [0.15, 0.2) is 18.2 Å². The van der Waals surface area contributed by atoms with Gasteiger partial charge in [-0.2, -0.15) is 0 Å². The molecule has 2 N–H and O–H groups in total. The summed E-state index contributed by atoms with van der Waals surface area (Å²) < 4.78 is 10.8. The zero-order valence-corrected chi connectivity index (χ0v) is 13.2. The summed E-state index contributed by atoms with van der Waals surface area (Å²) in [5.74, 6) is 0.803. The van der Waals surface area contributed by atoms with E-state index in [9.17, 15) is 5.11 Å². The van der Waals surface area contributed by atoms with Gasteiger partial charge < -0.3 is 19.9 Å². The molecule has 0 aliphatic heterocycles. The molecule has 0 spiro atoms. The largest absolute Gasteiger partial charge is 0.491 e. The SMILES string of the molecule is COCC(C)(C)NCC(O)COc1cc(C)cc(C)c1. The Balaban J connectivity index is 2.38. The van der Waals surface area contributed by atoms with E-state index in [2.05, 4.69) is 11.4 Å². The van der Waals surface area contributed by atoms with Gasteiger partial charge in [0.25, 0.3) is 0 Å². The highest BCUT2D eigenvalue weighted by Crippen LogP contribution is 2.16. The Morgan fingerprint density at radius 1 is 1.20 bits per heavy atom. The fourth-order valence-corrected chi connectivity index (χ4v) is 2.07. The first kappa shape index (κ1) is 17.0. The first-order chi connectivity index (χ1) is 9.32. The molecule has 0 aromatic heterocycles. The predicted molar refractivity (Wildman–Crippen MR) is 81.4 cm³/mol. The van der Waals surface area contributed by atoms with Crippen molar-refractivity contribution >= 4 is 0 Å². The zero-order chi connectivity index (χ0) is 15.2. The number of aliphatic hydroxyl groups is 1. The minimum atomic E-state index is -0.549. The quantitative estimate of drug-likeness (QED) is 0.766. The minimum Gasteiger partial charge on any atom is -0.491 e. The first-order valence-electron chi connectivity index (χ1n) is 6.95. The first-order valence-corrected chi connectivity index (χ1v) is 6.95. The molecule has 0 radical (unpaired) electrons. The summed E-state index contributed by atoms with van der Waals surface area (Å²) in [6.45, 7) is 9.48. The molecule has 0 bridgehead atoms. The fourth-order valence-electron chi connectivity index (χ4n) is 2.07. The van der Waals surface area contributed by atoms with Crippen molar-refractivity contribution in [1.82, 2.24) is 5.32 Å². The molecule has 0 aliphatic rings. The normalized spacial score (nSPS) is 13.3. The Hall–Kier alpha value is -1.10. The fraction of sp³-hybridized carbons (Fsp3) is 0.625. The van der Waals surface area contributed by atoms with E-state index in [0.29, 0.717) is 13.2 Å². The lowest BCUT2D eigenvalue weighted by Gasteiger charge is -2.26. The molecule has 20 heavy (non-hydrogen) atoms. The molecule has 0 saturated heterocycles. The number of rotatable bonds is 8. The van der Waals surface area contributed by atoms with Crippen LogP contribution >= 0.6 is 0 Å². The van der Waals surface area contributed by atoms with Crippen molar-refractivity contribution in [2.75, 3.05) is 26.9 Å². The number of hydrogen-bond acceptors (Lipinski definition) is 4. The highest BCUT2D eigenvalue weighted by Gasteiger charge is 2.18. The van der Waals surface area contributed by atoms with Crippen molar-refractivity contribution < 1.29 is 14.6 Å². The topological polar surface area (TPSA) is 50.7 Å². The van der Waals surface area contributed by atoms with Crippen LogP contribution in [-0.4, -0.2) is 43.6 Å². The molecule has 1 atom stereocenters. The highest BCUT2D eigenvalue weighted by atomic mass is 16.5. The lowest BCUT2D eigenvalue weighted by molar-refractivity contribution is 0.0813. The molecular formula is C16H27NO3. The number of aliphatic hydroxyl groups excluding tert-OH is 1. The molecule has 1 unspecified atom stereocenters. The third-order valence-corrected chi connectivity index (χ3v) is 2.96. The zero-order valence-electron chi connectivity index (χ0n) is 13.2. The number of hydrogen-bond donors (Lipinski definition) is 2. The molecule has 0 heterocycles. The Bertz CT molecular complexity index is 398. The van der Waals surface area contributed by atoms with E-state index in [-0.39, 0.29) is 12.1 Å². The van der Waals surface area contributed by atoms with Gasteiger partial charge in [0, 0.05) is 19.2 Å². The lowest BCUT2D eigenvalue weighted by Crippen LogP contribution is -2.47. The molecular weight excluding hydrogens is 254 g/mol. The highest BCUT2D eigenvalue weighted by molar-refractivity contribution is 5.32. The molecule has 1 rings (SSSR count). The van der Waals surface area contributed by atoms with Crippen LogP contribution in [0, 0.1) is 13.8 Å². The maximum absolute atomic E-state index is 9.95. The third kappa shape index (κ3) is 6.37. The molecule has 0 fully saturated rings. The Morgan fingerprint density at radius 3 is 2.35 bits per heavy atom. The van der Waals surface area contributed by atoms with Crippen LogP contribution in [0.3, 0.4) is 0 Å². The Morgan fingerprint density at radius 2 is 1.80 bits per heavy atom. The van der Waals surface area contributed by atoms with Gasteiger partial charge in [-0.3, -0.25) is 0 Å². The summed E-state index contributed by atoms with van der Waals surface area (Å²) >= 11 is 0. The number of methoxy groups -OCH3 is 1. The van der Waals surface area contributed by atoms with Gasteiger partial charge in [0.2, 0.25) is 0 Å². The number of aryl methyl sites for hydroxylation is 2. The average Bonchev–Trinajstić information content (AvgIpc) is 2.33. The average molecular weight is 281 g/mol. The summed E-state index contributed by atoms with van der Waals surface area (Å²) in [6, 6.07) is 6.04. The van der Waals surface area contributed by atoms with Gasteiger partial charge in [-0.25, -0.2) is 0 Å². The minimum absolute atomic E-state index is 0.157. The second-order valence-corrected chi connectivity index (χ2v) is 5.99. The molecule has 4 nitrogen and oxygen atoms in total. The van der Waals surface area contributed by atoms with Crippen molar-refractivity contribution in [1.29, 1.82) is 0 Å². The maximum atomic E-state index is 9.95. The number of ether oxygens (including phenoxy) is 2. The van der Waals surface area contributed by atoms with E-state index in [1.807, 2.05) is 39.8 Å². The van der Waals surface area contributed by atoms with Crippen LogP contribution in [-0.2, 0) is 4.74 Å². The van der Waals surface area contributed by atoms with Gasteiger partial charge in [-0.05, 0) is 51.0 Å². The number of nitrogens with one attached hydrogen (secondary N) is 1. The Kier molecular flexibility index (Phi) is 6.46. The van der Waals surface area contributed by atoms with E-state index in [0.717, 1.165) is 16.9 Å². The third-order valence-electron chi connectivity index (χ3n) is 2.96. The maximum Gasteiger partial charge on any atom is 0.119 e. The summed E-state index contributed by atoms with van der Waals surface area (Å²) in [6.07, 6.45) is -0.549. The van der Waals surface area contributed by atoms with Crippen molar-refractivity contribution in [3.8, 4) is 5.75 Å². The van der Waals surface area contributed by atoms with E-state index < -0.39 is 6.10 Å². The molecule has 0 saturated carbocycles. The lowest BCUT2D eigenvalue weighted by atomic mass is 10.1. The van der Waals surface area contributed by atoms with Gasteiger partial charge in [0.15, 0.2) is 0 Å². The number of β-amino-alcohol motifs (C(OH)–C–C–N with tert-alkyl or cyclic N) is 1. The molecule has 0 aliphatic carbocycles. The van der Waals surface area contributed by atoms with Crippen LogP contribution in [0.1, 0.15) is 25.0 Å². The van der Waals surface area contributed by atoms with Crippen LogP contribution in [0.2, 0.25) is 0 Å². The van der Waals surface area contributed by atoms with Gasteiger partial charge in [-0.15, -0.1) is 0 Å². The van der Waals surface area contributed by atoms with E-state index >= 15 is 0 Å². The van der Waals surface area contributed by atoms with Crippen LogP contribution in [0.25, 0.3) is 0 Å². The second kappa shape index (κ2) is 7.62. The predicted octanol–water partition coefficient (Wildman–Crippen LogP) is 2.06.